The van der Waals surface area contributed by atoms with Crippen LogP contribution in [0, 0.1) is 12.3 Å². The van der Waals surface area contributed by atoms with E-state index in [1.54, 1.807) is 0 Å². The van der Waals surface area contributed by atoms with E-state index >= 15 is 0 Å². The molecule has 24 heavy (non-hydrogen) atoms. The van der Waals surface area contributed by atoms with Crippen molar-refractivity contribution >= 4 is 17.2 Å². The molecule has 1 heterocycles. The minimum atomic E-state index is -0.207. The lowest BCUT2D eigenvalue weighted by Gasteiger charge is -2.29. The predicted octanol–water partition coefficient (Wildman–Crippen LogP) is 3.32. The molecular weight excluding hydrogens is 320 g/mol. The SMILES string of the molecule is Cc1nc(Cc2ccccc2)sc1C(=O)NC1CCCC1(C)CO. The number of carbonyl (C=O) groups is 1. The van der Waals surface area contributed by atoms with Crippen LogP contribution in [0.25, 0.3) is 0 Å². The Morgan fingerprint density at radius 2 is 2.17 bits per heavy atom. The second kappa shape index (κ2) is 7.03. The molecule has 0 aliphatic heterocycles. The fourth-order valence-electron chi connectivity index (χ4n) is 3.40. The van der Waals surface area contributed by atoms with Crippen molar-refractivity contribution in [3.63, 3.8) is 0 Å². The maximum absolute atomic E-state index is 12.7. The van der Waals surface area contributed by atoms with Crippen LogP contribution in [-0.4, -0.2) is 28.6 Å². The molecule has 1 aromatic carbocycles. The third kappa shape index (κ3) is 3.52. The summed E-state index contributed by atoms with van der Waals surface area (Å²) in [4.78, 5) is 17.9. The Hall–Kier alpha value is -1.72. The number of aliphatic hydroxyl groups is 1. The number of amides is 1. The van der Waals surface area contributed by atoms with E-state index in [1.807, 2.05) is 32.0 Å². The predicted molar refractivity (Wildman–Crippen MR) is 96.4 cm³/mol. The van der Waals surface area contributed by atoms with Gasteiger partial charge in [-0.3, -0.25) is 4.79 Å². The van der Waals surface area contributed by atoms with E-state index in [2.05, 4.69) is 22.4 Å². The van der Waals surface area contributed by atoms with Crippen LogP contribution in [0.1, 0.15) is 52.1 Å². The first kappa shape index (κ1) is 17.1. The van der Waals surface area contributed by atoms with E-state index < -0.39 is 0 Å². The second-order valence-corrected chi connectivity index (χ2v) is 8.00. The Morgan fingerprint density at radius 1 is 1.42 bits per heavy atom. The number of aromatic nitrogens is 1. The number of nitrogens with zero attached hydrogens (tertiary/aromatic N) is 1. The first-order valence-electron chi connectivity index (χ1n) is 8.44. The Morgan fingerprint density at radius 3 is 2.88 bits per heavy atom. The fraction of sp³-hybridized carbons (Fsp3) is 0.474. The van der Waals surface area contributed by atoms with Gasteiger partial charge in [-0.05, 0) is 25.3 Å². The molecule has 4 nitrogen and oxygen atoms in total. The summed E-state index contributed by atoms with van der Waals surface area (Å²) in [7, 11) is 0. The molecule has 1 amide bonds. The lowest BCUT2D eigenvalue weighted by molar-refractivity contribution is 0.0833. The van der Waals surface area contributed by atoms with Crippen LogP contribution in [0.5, 0.6) is 0 Å². The monoisotopic (exact) mass is 344 g/mol. The number of hydrogen-bond donors (Lipinski definition) is 2. The summed E-state index contributed by atoms with van der Waals surface area (Å²) in [6, 6.07) is 10.2. The Bertz CT molecular complexity index is 713. The van der Waals surface area contributed by atoms with Crippen LogP contribution >= 0.6 is 11.3 Å². The molecule has 0 bridgehead atoms. The van der Waals surface area contributed by atoms with Crippen LogP contribution < -0.4 is 5.32 Å². The number of nitrogens with one attached hydrogen (secondary N) is 1. The van der Waals surface area contributed by atoms with Crippen molar-refractivity contribution in [3.8, 4) is 0 Å². The first-order valence-corrected chi connectivity index (χ1v) is 9.25. The van der Waals surface area contributed by atoms with Crippen LogP contribution in [0.4, 0.5) is 0 Å². The average Bonchev–Trinajstić information content (AvgIpc) is 3.12. The molecule has 0 radical (unpaired) electrons. The number of benzene rings is 1. The largest absolute Gasteiger partial charge is 0.396 e. The summed E-state index contributed by atoms with van der Waals surface area (Å²) in [6.07, 6.45) is 3.67. The van der Waals surface area contributed by atoms with E-state index in [1.165, 1.54) is 16.9 Å². The van der Waals surface area contributed by atoms with Crippen molar-refractivity contribution in [2.24, 2.45) is 5.41 Å². The van der Waals surface area contributed by atoms with Gasteiger partial charge >= 0.3 is 0 Å². The lowest BCUT2D eigenvalue weighted by Crippen LogP contribution is -2.44. The van der Waals surface area contributed by atoms with Gasteiger partial charge in [-0.1, -0.05) is 43.7 Å². The Balaban J connectivity index is 1.71. The van der Waals surface area contributed by atoms with E-state index in [9.17, 15) is 9.90 Å². The summed E-state index contributed by atoms with van der Waals surface area (Å²) in [6.45, 7) is 4.05. The van der Waals surface area contributed by atoms with Crippen molar-refractivity contribution in [3.05, 3.63) is 51.5 Å². The zero-order valence-corrected chi connectivity index (χ0v) is 15.0. The fourth-order valence-corrected chi connectivity index (χ4v) is 4.40. The van der Waals surface area contributed by atoms with Gasteiger partial charge in [0.15, 0.2) is 0 Å². The van der Waals surface area contributed by atoms with Crippen molar-refractivity contribution in [2.45, 2.75) is 45.6 Å². The third-order valence-electron chi connectivity index (χ3n) is 4.99. The number of thiazole rings is 1. The summed E-state index contributed by atoms with van der Waals surface area (Å²) in [5.41, 5.74) is 1.77. The number of aryl methyl sites for hydroxylation is 1. The third-order valence-corrected chi connectivity index (χ3v) is 6.15. The van der Waals surface area contributed by atoms with E-state index in [-0.39, 0.29) is 24.0 Å². The Labute approximate surface area is 146 Å². The van der Waals surface area contributed by atoms with Crippen molar-refractivity contribution in [1.29, 1.82) is 0 Å². The number of hydrogen-bond acceptors (Lipinski definition) is 4. The maximum atomic E-state index is 12.7. The lowest BCUT2D eigenvalue weighted by atomic mass is 9.86. The molecule has 2 atom stereocenters. The molecule has 1 saturated carbocycles. The number of carbonyl (C=O) groups excluding carboxylic acids is 1. The second-order valence-electron chi connectivity index (χ2n) is 6.91. The molecule has 2 unspecified atom stereocenters. The molecule has 3 rings (SSSR count). The zero-order valence-electron chi connectivity index (χ0n) is 14.2. The van der Waals surface area contributed by atoms with Crippen LogP contribution in [0.15, 0.2) is 30.3 Å². The van der Waals surface area contributed by atoms with Crippen molar-refractivity contribution < 1.29 is 9.90 Å². The molecular formula is C19H24N2O2S. The van der Waals surface area contributed by atoms with Gasteiger partial charge in [0.1, 0.15) is 4.88 Å². The minimum Gasteiger partial charge on any atom is -0.396 e. The van der Waals surface area contributed by atoms with Crippen LogP contribution in [0.3, 0.4) is 0 Å². The van der Waals surface area contributed by atoms with Gasteiger partial charge in [-0.2, -0.15) is 0 Å². The van der Waals surface area contributed by atoms with Crippen molar-refractivity contribution in [2.75, 3.05) is 6.61 Å². The van der Waals surface area contributed by atoms with E-state index in [0.29, 0.717) is 4.88 Å². The average molecular weight is 344 g/mol. The van der Waals surface area contributed by atoms with Crippen LogP contribution in [-0.2, 0) is 6.42 Å². The molecule has 1 fully saturated rings. The normalized spacial score (nSPS) is 23.4. The van der Waals surface area contributed by atoms with Gasteiger partial charge in [0.25, 0.3) is 5.91 Å². The summed E-state index contributed by atoms with van der Waals surface area (Å²) < 4.78 is 0. The van der Waals surface area contributed by atoms with Gasteiger partial charge in [0, 0.05) is 17.9 Å². The van der Waals surface area contributed by atoms with Gasteiger partial charge in [-0.15, -0.1) is 11.3 Å². The van der Waals surface area contributed by atoms with E-state index in [4.69, 9.17) is 0 Å². The maximum Gasteiger partial charge on any atom is 0.263 e. The molecule has 1 aliphatic rings. The standard InChI is InChI=1S/C19H24N2O2S/c1-13-17(18(23)21-15-9-6-10-19(15,2)12-22)24-16(20-13)11-14-7-4-3-5-8-14/h3-5,7-8,15,22H,6,9-12H2,1-2H3,(H,21,23). The molecule has 2 N–H and O–H groups in total. The topological polar surface area (TPSA) is 62.2 Å². The van der Waals surface area contributed by atoms with E-state index in [0.717, 1.165) is 36.4 Å². The van der Waals surface area contributed by atoms with Gasteiger partial charge in [0.05, 0.1) is 17.3 Å². The molecule has 0 saturated heterocycles. The molecule has 1 aromatic heterocycles. The molecule has 1 aliphatic carbocycles. The highest BCUT2D eigenvalue weighted by Crippen LogP contribution is 2.37. The highest BCUT2D eigenvalue weighted by Gasteiger charge is 2.39. The molecule has 2 aromatic rings. The molecule has 128 valence electrons. The van der Waals surface area contributed by atoms with Gasteiger partial charge in [-0.25, -0.2) is 4.98 Å². The summed E-state index contributed by atoms with van der Waals surface area (Å²) >= 11 is 1.47. The van der Waals surface area contributed by atoms with Crippen LogP contribution in [0.2, 0.25) is 0 Å². The zero-order chi connectivity index (χ0) is 17.2. The molecule has 0 spiro atoms. The summed E-state index contributed by atoms with van der Waals surface area (Å²) in [5.74, 6) is -0.0594. The quantitative estimate of drug-likeness (QED) is 0.874. The minimum absolute atomic E-state index is 0.0362. The van der Waals surface area contributed by atoms with Gasteiger partial charge in [0.2, 0.25) is 0 Å². The highest BCUT2D eigenvalue weighted by atomic mass is 32.1. The Kier molecular flexibility index (Phi) is 5.01. The number of rotatable bonds is 5. The first-order chi connectivity index (χ1) is 11.5. The van der Waals surface area contributed by atoms with Crippen molar-refractivity contribution in [1.82, 2.24) is 10.3 Å². The highest BCUT2D eigenvalue weighted by molar-refractivity contribution is 7.13. The molecule has 5 heteroatoms. The smallest absolute Gasteiger partial charge is 0.263 e. The summed E-state index contributed by atoms with van der Waals surface area (Å²) in [5, 5.41) is 13.7. The number of aliphatic hydroxyl groups excluding tert-OH is 1. The van der Waals surface area contributed by atoms with Gasteiger partial charge < -0.3 is 10.4 Å².